The van der Waals surface area contributed by atoms with E-state index in [0.29, 0.717) is 17.4 Å². The van der Waals surface area contributed by atoms with Crippen molar-refractivity contribution in [1.29, 1.82) is 0 Å². The fourth-order valence-corrected chi connectivity index (χ4v) is 3.67. The smallest absolute Gasteiger partial charge is 0.274 e. The maximum atomic E-state index is 11.5. The molecule has 0 saturated carbocycles. The van der Waals surface area contributed by atoms with Crippen LogP contribution in [0.15, 0.2) is 18.2 Å². The number of carbonyl (C=O) groups is 1. The molecule has 1 amide bonds. The molecule has 0 atom stereocenters. The lowest BCUT2D eigenvalue weighted by Gasteiger charge is -2.24. The lowest BCUT2D eigenvalue weighted by molar-refractivity contribution is 0.0706. The molecule has 0 aliphatic rings. The number of benzene rings is 1. The monoisotopic (exact) mass is 335 g/mol. The number of fused-ring (bicyclic) bond motifs is 1. The predicted octanol–water partition coefficient (Wildman–Crippen LogP) is 3.53. The fraction of sp³-hybridized carbons (Fsp3) is 0.529. The minimum Gasteiger partial charge on any atom is -0.296 e. The third-order valence-corrected chi connectivity index (χ3v) is 4.42. The van der Waals surface area contributed by atoms with Crippen molar-refractivity contribution in [3.05, 3.63) is 28.8 Å². The van der Waals surface area contributed by atoms with Gasteiger partial charge in [-0.15, -0.1) is 11.3 Å². The van der Waals surface area contributed by atoms with Crippen LogP contribution >= 0.6 is 11.3 Å². The average Bonchev–Trinajstić information content (AvgIpc) is 2.85. The van der Waals surface area contributed by atoms with Crippen molar-refractivity contribution in [3.8, 4) is 0 Å². The molecule has 2 aromatic rings. The molecular formula is C17H25N3O2S. The molecule has 2 rings (SSSR count). The van der Waals surface area contributed by atoms with Crippen molar-refractivity contribution in [1.82, 2.24) is 15.4 Å². The van der Waals surface area contributed by atoms with E-state index >= 15 is 0 Å². The zero-order valence-electron chi connectivity index (χ0n) is 14.2. The van der Waals surface area contributed by atoms with Crippen LogP contribution in [0.5, 0.6) is 0 Å². The first-order valence-corrected chi connectivity index (χ1v) is 8.77. The second kappa shape index (κ2) is 7.86. The van der Waals surface area contributed by atoms with E-state index in [1.807, 2.05) is 6.07 Å². The highest BCUT2D eigenvalue weighted by Gasteiger charge is 2.14. The van der Waals surface area contributed by atoms with Crippen LogP contribution in [0.4, 0.5) is 0 Å². The summed E-state index contributed by atoms with van der Waals surface area (Å²) in [5.74, 6) is 0.716. The minimum atomic E-state index is -0.511. The van der Waals surface area contributed by atoms with Gasteiger partial charge in [-0.25, -0.2) is 10.5 Å². The Hall–Kier alpha value is -1.50. The van der Waals surface area contributed by atoms with Crippen molar-refractivity contribution in [3.63, 3.8) is 0 Å². The van der Waals surface area contributed by atoms with E-state index in [4.69, 9.17) is 5.21 Å². The zero-order chi connectivity index (χ0) is 17.0. The Morgan fingerprint density at radius 2 is 1.91 bits per heavy atom. The Morgan fingerprint density at radius 1 is 1.26 bits per heavy atom. The van der Waals surface area contributed by atoms with Crippen molar-refractivity contribution in [2.45, 2.75) is 34.2 Å². The topological polar surface area (TPSA) is 65.5 Å². The second-order valence-electron chi connectivity index (χ2n) is 6.71. The summed E-state index contributed by atoms with van der Waals surface area (Å²) >= 11 is 1.66. The van der Waals surface area contributed by atoms with Gasteiger partial charge in [0, 0.05) is 18.7 Å². The second-order valence-corrected chi connectivity index (χ2v) is 7.83. The predicted molar refractivity (Wildman–Crippen MR) is 93.8 cm³/mol. The van der Waals surface area contributed by atoms with Crippen LogP contribution in [0.3, 0.4) is 0 Å². The Balaban J connectivity index is 2.19. The van der Waals surface area contributed by atoms with Gasteiger partial charge in [-0.2, -0.15) is 0 Å². The number of hydroxylamine groups is 1. The summed E-state index contributed by atoms with van der Waals surface area (Å²) in [6.07, 6.45) is 0. The quantitative estimate of drug-likeness (QED) is 0.600. The molecule has 1 aromatic heterocycles. The fourth-order valence-electron chi connectivity index (χ4n) is 2.68. The van der Waals surface area contributed by atoms with Crippen molar-refractivity contribution in [2.75, 3.05) is 13.1 Å². The van der Waals surface area contributed by atoms with E-state index in [2.05, 4.69) is 37.6 Å². The first kappa shape index (κ1) is 17.8. The van der Waals surface area contributed by atoms with Crippen LogP contribution in [-0.2, 0) is 6.54 Å². The summed E-state index contributed by atoms with van der Waals surface area (Å²) in [4.78, 5) is 18.6. The number of carbonyl (C=O) groups excluding carboxylic acids is 1. The lowest BCUT2D eigenvalue weighted by atomic mass is 10.1. The summed E-state index contributed by atoms with van der Waals surface area (Å²) in [5.41, 5.74) is 2.88. The van der Waals surface area contributed by atoms with Crippen LogP contribution in [-0.4, -0.2) is 34.1 Å². The zero-order valence-corrected chi connectivity index (χ0v) is 15.0. The summed E-state index contributed by atoms with van der Waals surface area (Å²) in [5, 5.41) is 9.79. The number of thiazole rings is 1. The molecule has 0 aliphatic carbocycles. The van der Waals surface area contributed by atoms with E-state index in [9.17, 15) is 4.79 Å². The number of hydrogen-bond donors (Lipinski definition) is 2. The van der Waals surface area contributed by atoms with Gasteiger partial charge in [0.2, 0.25) is 0 Å². The molecule has 2 N–H and O–H groups in total. The third-order valence-electron chi connectivity index (χ3n) is 3.40. The van der Waals surface area contributed by atoms with Crippen LogP contribution in [0, 0.1) is 11.8 Å². The highest BCUT2D eigenvalue weighted by atomic mass is 32.1. The van der Waals surface area contributed by atoms with E-state index < -0.39 is 5.91 Å². The van der Waals surface area contributed by atoms with Gasteiger partial charge < -0.3 is 0 Å². The minimum absolute atomic E-state index is 0.415. The van der Waals surface area contributed by atoms with Gasteiger partial charge in [-0.1, -0.05) is 27.7 Å². The van der Waals surface area contributed by atoms with E-state index in [-0.39, 0.29) is 0 Å². The molecule has 6 heteroatoms. The first-order chi connectivity index (χ1) is 10.9. The maximum Gasteiger partial charge on any atom is 0.274 e. The van der Waals surface area contributed by atoms with E-state index in [1.54, 1.807) is 28.9 Å². The average molecular weight is 335 g/mol. The molecule has 23 heavy (non-hydrogen) atoms. The summed E-state index contributed by atoms with van der Waals surface area (Å²) in [7, 11) is 0. The van der Waals surface area contributed by atoms with Crippen LogP contribution < -0.4 is 5.48 Å². The molecule has 0 radical (unpaired) electrons. The summed E-state index contributed by atoms with van der Waals surface area (Å²) < 4.78 is 1.06. The Bertz CT molecular complexity index is 657. The van der Waals surface area contributed by atoms with Gasteiger partial charge >= 0.3 is 0 Å². The Labute approximate surface area is 141 Å². The largest absolute Gasteiger partial charge is 0.296 e. The van der Waals surface area contributed by atoms with Gasteiger partial charge in [0.15, 0.2) is 0 Å². The molecule has 1 aromatic carbocycles. The normalized spacial score (nSPS) is 11.8. The molecule has 0 unspecified atom stereocenters. The number of aromatic nitrogens is 1. The number of hydrogen-bond acceptors (Lipinski definition) is 5. The molecule has 126 valence electrons. The first-order valence-electron chi connectivity index (χ1n) is 7.95. The molecular weight excluding hydrogens is 310 g/mol. The lowest BCUT2D eigenvalue weighted by Crippen LogP contribution is -2.30. The van der Waals surface area contributed by atoms with Gasteiger partial charge in [0.05, 0.1) is 16.8 Å². The summed E-state index contributed by atoms with van der Waals surface area (Å²) in [6, 6.07) is 5.31. The summed E-state index contributed by atoms with van der Waals surface area (Å²) in [6.45, 7) is 11.8. The van der Waals surface area contributed by atoms with Gasteiger partial charge in [0.25, 0.3) is 5.91 Å². The van der Waals surface area contributed by atoms with Crippen molar-refractivity contribution in [2.24, 2.45) is 11.8 Å². The van der Waals surface area contributed by atoms with Crippen molar-refractivity contribution < 1.29 is 10.0 Å². The number of nitrogens with one attached hydrogen (secondary N) is 1. The Kier molecular flexibility index (Phi) is 6.10. The molecule has 0 aliphatic heterocycles. The molecule has 0 spiro atoms. The number of rotatable bonds is 7. The maximum absolute atomic E-state index is 11.5. The Morgan fingerprint density at radius 3 is 2.48 bits per heavy atom. The van der Waals surface area contributed by atoms with Gasteiger partial charge in [0.1, 0.15) is 5.01 Å². The van der Waals surface area contributed by atoms with Crippen LogP contribution in [0.1, 0.15) is 43.1 Å². The SMILES string of the molecule is CC(C)CN(Cc1nc2cc(C(=O)NO)ccc2s1)CC(C)C. The van der Waals surface area contributed by atoms with Gasteiger partial charge in [-0.3, -0.25) is 14.9 Å². The van der Waals surface area contributed by atoms with E-state index in [0.717, 1.165) is 34.9 Å². The third kappa shape index (κ3) is 4.99. The standard InChI is InChI=1S/C17H25N3O2S/c1-11(2)8-20(9-12(3)4)10-16-18-14-7-13(17(21)19-22)5-6-15(14)23-16/h5-7,11-12,22H,8-10H2,1-4H3,(H,19,21). The molecule has 0 bridgehead atoms. The van der Waals surface area contributed by atoms with Gasteiger partial charge in [-0.05, 0) is 30.0 Å². The van der Waals surface area contributed by atoms with Crippen LogP contribution in [0.2, 0.25) is 0 Å². The highest BCUT2D eigenvalue weighted by molar-refractivity contribution is 7.18. The molecule has 1 heterocycles. The number of nitrogens with zero attached hydrogens (tertiary/aromatic N) is 2. The van der Waals surface area contributed by atoms with Crippen molar-refractivity contribution >= 4 is 27.5 Å². The molecule has 0 saturated heterocycles. The molecule has 5 nitrogen and oxygen atoms in total. The van der Waals surface area contributed by atoms with E-state index in [1.165, 1.54) is 0 Å². The highest BCUT2D eigenvalue weighted by Crippen LogP contribution is 2.24. The molecule has 0 fully saturated rings. The van der Waals surface area contributed by atoms with Crippen LogP contribution in [0.25, 0.3) is 10.2 Å². The number of amides is 1.